The molecule has 2 heterocycles. The van der Waals surface area contributed by atoms with Gasteiger partial charge in [-0.2, -0.15) is 5.10 Å². The minimum atomic E-state index is -0.383. The number of rotatable bonds is 7. The van der Waals surface area contributed by atoms with Gasteiger partial charge in [-0.15, -0.1) is 0 Å². The minimum Gasteiger partial charge on any atom is -0.362 e. The second-order valence-corrected chi connectivity index (χ2v) is 7.26. The molecule has 158 valence electrons. The lowest BCUT2D eigenvalue weighted by molar-refractivity contribution is -0.115. The maximum atomic E-state index is 13.8. The lowest BCUT2D eigenvalue weighted by Crippen LogP contribution is -2.16. The van der Waals surface area contributed by atoms with Gasteiger partial charge >= 0.3 is 0 Å². The lowest BCUT2D eigenvalue weighted by atomic mass is 10.1. The van der Waals surface area contributed by atoms with Gasteiger partial charge in [-0.05, 0) is 43.2 Å². The molecule has 8 heteroatoms. The summed E-state index contributed by atoms with van der Waals surface area (Å²) >= 11 is 0. The molecule has 0 bridgehead atoms. The third-order valence-corrected chi connectivity index (χ3v) is 4.94. The fourth-order valence-corrected chi connectivity index (χ4v) is 3.29. The van der Waals surface area contributed by atoms with Gasteiger partial charge in [0.05, 0.1) is 24.9 Å². The van der Waals surface area contributed by atoms with E-state index in [0.717, 1.165) is 17.6 Å². The number of halogens is 1. The first-order valence-electron chi connectivity index (χ1n) is 10.1. The van der Waals surface area contributed by atoms with E-state index < -0.39 is 0 Å². The van der Waals surface area contributed by atoms with Crippen LogP contribution in [0.3, 0.4) is 0 Å². The van der Waals surface area contributed by atoms with Crippen LogP contribution in [0.25, 0.3) is 11.2 Å². The van der Waals surface area contributed by atoms with E-state index in [4.69, 9.17) is 0 Å². The summed E-state index contributed by atoms with van der Waals surface area (Å²) in [6, 6.07) is 13.7. The van der Waals surface area contributed by atoms with Crippen LogP contribution in [-0.2, 0) is 17.8 Å². The molecule has 0 spiro atoms. The first kappa shape index (κ1) is 20.5. The number of benzene rings is 2. The summed E-state index contributed by atoms with van der Waals surface area (Å²) in [5, 5.41) is 10.5. The Morgan fingerprint density at radius 3 is 2.84 bits per heavy atom. The highest BCUT2D eigenvalue weighted by atomic mass is 19.1. The molecule has 0 fully saturated rings. The number of carbonyl (C=O) groups is 1. The number of aromatic nitrogens is 4. The Morgan fingerprint density at radius 1 is 1.19 bits per heavy atom. The van der Waals surface area contributed by atoms with Gasteiger partial charge in [-0.1, -0.05) is 30.3 Å². The van der Waals surface area contributed by atoms with Gasteiger partial charge in [0.2, 0.25) is 11.6 Å². The van der Waals surface area contributed by atoms with E-state index in [1.807, 2.05) is 38.2 Å². The summed E-state index contributed by atoms with van der Waals surface area (Å²) < 4.78 is 15.6. The summed E-state index contributed by atoms with van der Waals surface area (Å²) in [6.45, 7) is 4.76. The third-order valence-electron chi connectivity index (χ3n) is 4.94. The topological polar surface area (TPSA) is 84.7 Å². The Labute approximate surface area is 179 Å². The van der Waals surface area contributed by atoms with Crippen molar-refractivity contribution < 1.29 is 9.18 Å². The Hall–Kier alpha value is -3.81. The molecule has 2 aromatic carbocycles. The largest absolute Gasteiger partial charge is 0.362 e. The van der Waals surface area contributed by atoms with Gasteiger partial charge in [0.15, 0.2) is 0 Å². The first-order valence-corrected chi connectivity index (χ1v) is 10.1. The molecular formula is C23H23FN6O. The smallest absolute Gasteiger partial charge is 0.228 e. The van der Waals surface area contributed by atoms with Crippen molar-refractivity contribution in [2.45, 2.75) is 32.9 Å². The van der Waals surface area contributed by atoms with Crippen LogP contribution < -0.4 is 10.6 Å². The predicted molar refractivity (Wildman–Crippen MR) is 118 cm³/mol. The molecule has 4 rings (SSSR count). The van der Waals surface area contributed by atoms with Crippen LogP contribution >= 0.6 is 0 Å². The third kappa shape index (κ3) is 4.85. The van der Waals surface area contributed by atoms with Gasteiger partial charge in [0.1, 0.15) is 17.2 Å². The lowest BCUT2D eigenvalue weighted by Gasteiger charge is -2.16. The molecule has 0 saturated carbocycles. The second-order valence-electron chi connectivity index (χ2n) is 7.26. The highest BCUT2D eigenvalue weighted by molar-refractivity contribution is 5.92. The highest BCUT2D eigenvalue weighted by Gasteiger charge is 2.12. The van der Waals surface area contributed by atoms with E-state index in [-0.39, 0.29) is 24.2 Å². The maximum Gasteiger partial charge on any atom is 0.228 e. The minimum absolute atomic E-state index is 0.0231. The zero-order chi connectivity index (χ0) is 21.8. The molecule has 7 nitrogen and oxygen atoms in total. The molecule has 2 N–H and O–H groups in total. The van der Waals surface area contributed by atoms with Gasteiger partial charge in [0, 0.05) is 12.2 Å². The quantitative estimate of drug-likeness (QED) is 0.466. The monoisotopic (exact) mass is 418 g/mol. The zero-order valence-corrected chi connectivity index (χ0v) is 17.3. The van der Waals surface area contributed by atoms with Crippen LogP contribution in [0.1, 0.15) is 31.0 Å². The number of aryl methyl sites for hydroxylation is 1. The Kier molecular flexibility index (Phi) is 5.88. The van der Waals surface area contributed by atoms with E-state index in [1.54, 1.807) is 35.1 Å². The van der Waals surface area contributed by atoms with Crippen molar-refractivity contribution in [2.75, 3.05) is 10.6 Å². The van der Waals surface area contributed by atoms with Crippen molar-refractivity contribution in [3.05, 3.63) is 77.9 Å². The van der Waals surface area contributed by atoms with Crippen LogP contribution in [0.15, 0.2) is 60.9 Å². The van der Waals surface area contributed by atoms with Crippen LogP contribution in [0.5, 0.6) is 0 Å². The van der Waals surface area contributed by atoms with Crippen molar-refractivity contribution >= 4 is 28.6 Å². The average molecular weight is 418 g/mol. The number of fused-ring (bicyclic) bond motifs is 1. The van der Waals surface area contributed by atoms with Crippen molar-refractivity contribution in [3.63, 3.8) is 0 Å². The van der Waals surface area contributed by atoms with Crippen molar-refractivity contribution in [1.29, 1.82) is 0 Å². The highest BCUT2D eigenvalue weighted by Crippen LogP contribution is 2.22. The SMILES string of the molecule is CCn1cc2ncc(N[C@@H](C)c3cccc(NC(=O)Cc4ccccc4F)c3)nc2n1. The fourth-order valence-electron chi connectivity index (χ4n) is 3.29. The van der Waals surface area contributed by atoms with E-state index >= 15 is 0 Å². The number of anilines is 2. The molecule has 0 saturated heterocycles. The van der Waals surface area contributed by atoms with Gasteiger partial charge < -0.3 is 10.6 Å². The molecule has 0 aliphatic heterocycles. The summed E-state index contributed by atoms with van der Waals surface area (Å²) in [5.74, 6) is -0.0351. The molecular weight excluding hydrogens is 395 g/mol. The Morgan fingerprint density at radius 2 is 2.03 bits per heavy atom. The standard InChI is InChI=1S/C23H23FN6O/c1-3-30-14-20-23(29-30)28-21(13-25-20)26-15(2)16-8-6-9-18(11-16)27-22(31)12-17-7-4-5-10-19(17)24/h4-11,13-15H,3,12H2,1-2H3,(H,27,31)(H,26,28,29)/t15-/m0/s1. The molecule has 1 atom stereocenters. The number of hydrogen-bond donors (Lipinski definition) is 2. The summed E-state index contributed by atoms with van der Waals surface area (Å²) in [6.07, 6.45) is 3.52. The average Bonchev–Trinajstić information content (AvgIpc) is 3.18. The van der Waals surface area contributed by atoms with Crippen LogP contribution in [0.2, 0.25) is 0 Å². The Bertz CT molecular complexity index is 1220. The number of hydrogen-bond acceptors (Lipinski definition) is 5. The zero-order valence-electron chi connectivity index (χ0n) is 17.3. The van der Waals surface area contributed by atoms with E-state index in [2.05, 4.69) is 25.7 Å². The molecule has 1 amide bonds. The summed E-state index contributed by atoms with van der Waals surface area (Å²) in [7, 11) is 0. The first-order chi connectivity index (χ1) is 15.0. The van der Waals surface area contributed by atoms with E-state index in [9.17, 15) is 9.18 Å². The van der Waals surface area contributed by atoms with E-state index in [0.29, 0.717) is 22.7 Å². The molecule has 4 aromatic rings. The maximum absolute atomic E-state index is 13.8. The van der Waals surface area contributed by atoms with Gasteiger partial charge in [-0.3, -0.25) is 9.48 Å². The number of carbonyl (C=O) groups excluding carboxylic acids is 1. The van der Waals surface area contributed by atoms with Crippen molar-refractivity contribution in [2.24, 2.45) is 0 Å². The van der Waals surface area contributed by atoms with Crippen LogP contribution in [0, 0.1) is 5.82 Å². The van der Waals surface area contributed by atoms with Gasteiger partial charge in [-0.25, -0.2) is 14.4 Å². The van der Waals surface area contributed by atoms with Crippen molar-refractivity contribution in [3.8, 4) is 0 Å². The van der Waals surface area contributed by atoms with Crippen LogP contribution in [0.4, 0.5) is 15.9 Å². The summed E-state index contributed by atoms with van der Waals surface area (Å²) in [5.41, 5.74) is 3.32. The Balaban J connectivity index is 1.43. The molecule has 0 aliphatic rings. The molecule has 0 unspecified atom stereocenters. The molecule has 0 aliphatic carbocycles. The van der Waals surface area contributed by atoms with Gasteiger partial charge in [0.25, 0.3) is 0 Å². The number of nitrogens with zero attached hydrogens (tertiary/aromatic N) is 4. The molecule has 0 radical (unpaired) electrons. The fraction of sp³-hybridized carbons (Fsp3) is 0.217. The van der Waals surface area contributed by atoms with Crippen molar-refractivity contribution in [1.82, 2.24) is 19.7 Å². The number of nitrogens with one attached hydrogen (secondary N) is 2. The molecule has 2 aromatic heterocycles. The summed E-state index contributed by atoms with van der Waals surface area (Å²) in [4.78, 5) is 21.3. The van der Waals surface area contributed by atoms with Crippen LogP contribution in [-0.4, -0.2) is 25.7 Å². The second kappa shape index (κ2) is 8.91. The number of amides is 1. The molecule has 31 heavy (non-hydrogen) atoms. The predicted octanol–water partition coefficient (Wildman–Crippen LogP) is 4.34. The normalized spacial score (nSPS) is 12.0. The van der Waals surface area contributed by atoms with E-state index in [1.165, 1.54) is 6.07 Å².